The number of carbonyl (C=O) groups is 1. The lowest BCUT2D eigenvalue weighted by atomic mass is 9.64. The summed E-state index contributed by atoms with van der Waals surface area (Å²) in [6, 6.07) is 14.1. The first-order valence-electron chi connectivity index (χ1n) is 7.79. The van der Waals surface area contributed by atoms with E-state index in [1.165, 1.54) is 23.8 Å². The van der Waals surface area contributed by atoms with Crippen molar-refractivity contribution in [3.05, 3.63) is 74.8 Å². The lowest BCUT2D eigenvalue weighted by Gasteiger charge is -2.42. The van der Waals surface area contributed by atoms with E-state index in [2.05, 4.69) is 17.4 Å². The lowest BCUT2D eigenvalue weighted by Crippen LogP contribution is -2.45. The second-order valence-corrected chi connectivity index (χ2v) is 6.54. The zero-order valence-corrected chi connectivity index (χ0v) is 13.8. The van der Waals surface area contributed by atoms with Crippen molar-refractivity contribution in [1.29, 1.82) is 0 Å². The number of benzene rings is 2. The van der Waals surface area contributed by atoms with Crippen LogP contribution in [0.1, 0.15) is 35.2 Å². The van der Waals surface area contributed by atoms with Crippen molar-refractivity contribution in [2.45, 2.75) is 24.7 Å². The third kappa shape index (κ3) is 3.12. The summed E-state index contributed by atoms with van der Waals surface area (Å²) in [6.45, 7) is 0.458. The molecular formula is C18H17ClN2O3. The van der Waals surface area contributed by atoms with Gasteiger partial charge in [0.1, 0.15) is 5.56 Å². The Bertz CT molecular complexity index is 773. The molecule has 2 aromatic rings. The number of nitro groups is 1. The molecule has 24 heavy (non-hydrogen) atoms. The van der Waals surface area contributed by atoms with E-state index in [0.717, 1.165) is 19.3 Å². The van der Waals surface area contributed by atoms with Crippen LogP contribution in [-0.4, -0.2) is 17.4 Å². The van der Waals surface area contributed by atoms with Crippen LogP contribution in [0.15, 0.2) is 48.5 Å². The number of hydrogen-bond donors (Lipinski definition) is 1. The quantitative estimate of drug-likeness (QED) is 0.655. The highest BCUT2D eigenvalue weighted by Gasteiger charge is 2.39. The largest absolute Gasteiger partial charge is 0.351 e. The summed E-state index contributed by atoms with van der Waals surface area (Å²) >= 11 is 5.89. The minimum atomic E-state index is -0.568. The van der Waals surface area contributed by atoms with Crippen molar-refractivity contribution in [3.8, 4) is 0 Å². The van der Waals surface area contributed by atoms with Crippen molar-refractivity contribution in [1.82, 2.24) is 5.32 Å². The first-order valence-corrected chi connectivity index (χ1v) is 8.17. The van der Waals surface area contributed by atoms with Gasteiger partial charge < -0.3 is 5.32 Å². The highest BCUT2D eigenvalue weighted by Crippen LogP contribution is 2.43. The Morgan fingerprint density at radius 2 is 1.92 bits per heavy atom. The summed E-state index contributed by atoms with van der Waals surface area (Å²) in [7, 11) is 0. The Kier molecular flexibility index (Phi) is 4.53. The lowest BCUT2D eigenvalue weighted by molar-refractivity contribution is -0.385. The fourth-order valence-electron chi connectivity index (χ4n) is 3.16. The van der Waals surface area contributed by atoms with Gasteiger partial charge in [0, 0.05) is 23.0 Å². The second-order valence-electron chi connectivity index (χ2n) is 6.10. The van der Waals surface area contributed by atoms with Crippen LogP contribution < -0.4 is 5.32 Å². The fraction of sp³-hybridized carbons (Fsp3) is 0.278. The number of nitrogens with zero attached hydrogens (tertiary/aromatic N) is 1. The normalized spacial score (nSPS) is 15.4. The monoisotopic (exact) mass is 344 g/mol. The van der Waals surface area contributed by atoms with Gasteiger partial charge in [-0.25, -0.2) is 0 Å². The molecular weight excluding hydrogens is 328 g/mol. The van der Waals surface area contributed by atoms with Gasteiger partial charge in [0.25, 0.3) is 11.6 Å². The molecule has 0 spiro atoms. The van der Waals surface area contributed by atoms with E-state index in [0.29, 0.717) is 11.6 Å². The second kappa shape index (κ2) is 6.61. The van der Waals surface area contributed by atoms with Crippen molar-refractivity contribution in [2.24, 2.45) is 0 Å². The topological polar surface area (TPSA) is 72.2 Å². The van der Waals surface area contributed by atoms with Crippen LogP contribution in [0.5, 0.6) is 0 Å². The van der Waals surface area contributed by atoms with E-state index < -0.39 is 10.8 Å². The summed E-state index contributed by atoms with van der Waals surface area (Å²) in [4.78, 5) is 23.0. The molecule has 0 heterocycles. The van der Waals surface area contributed by atoms with Gasteiger partial charge in [-0.3, -0.25) is 14.9 Å². The van der Waals surface area contributed by atoms with Crippen molar-refractivity contribution in [3.63, 3.8) is 0 Å². The molecule has 2 aromatic carbocycles. The van der Waals surface area contributed by atoms with Crippen LogP contribution in [0.4, 0.5) is 5.69 Å². The van der Waals surface area contributed by atoms with Gasteiger partial charge in [-0.05, 0) is 30.5 Å². The van der Waals surface area contributed by atoms with Gasteiger partial charge in [-0.1, -0.05) is 48.4 Å². The zero-order valence-electron chi connectivity index (χ0n) is 13.0. The molecule has 0 bridgehead atoms. The zero-order chi connectivity index (χ0) is 17.2. The summed E-state index contributed by atoms with van der Waals surface area (Å²) in [5.74, 6) is -0.466. The average molecular weight is 345 g/mol. The van der Waals surface area contributed by atoms with E-state index in [1.54, 1.807) is 0 Å². The van der Waals surface area contributed by atoms with E-state index in [1.807, 2.05) is 18.2 Å². The number of nitro benzene ring substituents is 1. The maximum Gasteiger partial charge on any atom is 0.282 e. The summed E-state index contributed by atoms with van der Waals surface area (Å²) < 4.78 is 0. The fourth-order valence-corrected chi connectivity index (χ4v) is 3.33. The molecule has 0 radical (unpaired) electrons. The highest BCUT2D eigenvalue weighted by molar-refractivity contribution is 6.31. The third-order valence-electron chi connectivity index (χ3n) is 4.68. The molecule has 0 aromatic heterocycles. The SMILES string of the molecule is O=C(NCC1(c2ccccc2)CCC1)c1cc(Cl)ccc1[N+](=O)[O-]. The Hall–Kier alpha value is -2.40. The van der Waals surface area contributed by atoms with Gasteiger partial charge in [-0.15, -0.1) is 0 Å². The number of hydrogen-bond acceptors (Lipinski definition) is 3. The molecule has 1 N–H and O–H groups in total. The molecule has 5 nitrogen and oxygen atoms in total. The van der Waals surface area contributed by atoms with E-state index in [-0.39, 0.29) is 16.7 Å². The maximum atomic E-state index is 12.5. The summed E-state index contributed by atoms with van der Waals surface area (Å²) in [5, 5.41) is 14.3. The molecule has 1 amide bonds. The van der Waals surface area contributed by atoms with Crippen LogP contribution in [0.25, 0.3) is 0 Å². The molecule has 0 atom stereocenters. The molecule has 3 rings (SSSR count). The molecule has 0 unspecified atom stereocenters. The molecule has 124 valence electrons. The maximum absolute atomic E-state index is 12.5. The summed E-state index contributed by atoms with van der Waals surface area (Å²) in [6.07, 6.45) is 3.10. The predicted molar refractivity (Wildman–Crippen MR) is 92.4 cm³/mol. The molecule has 0 saturated heterocycles. The first-order chi connectivity index (χ1) is 11.5. The molecule has 1 saturated carbocycles. The van der Waals surface area contributed by atoms with Gasteiger partial charge in [0.2, 0.25) is 0 Å². The van der Waals surface area contributed by atoms with Crippen molar-refractivity contribution < 1.29 is 9.72 Å². The molecule has 0 aliphatic heterocycles. The number of nitrogens with one attached hydrogen (secondary N) is 1. The van der Waals surface area contributed by atoms with Crippen LogP contribution in [0.2, 0.25) is 5.02 Å². The van der Waals surface area contributed by atoms with E-state index >= 15 is 0 Å². The van der Waals surface area contributed by atoms with Gasteiger partial charge in [0.05, 0.1) is 4.92 Å². The van der Waals surface area contributed by atoms with E-state index in [4.69, 9.17) is 11.6 Å². The van der Waals surface area contributed by atoms with Crippen molar-refractivity contribution >= 4 is 23.2 Å². The predicted octanol–water partition coefficient (Wildman–Crippen LogP) is 4.10. The highest BCUT2D eigenvalue weighted by atomic mass is 35.5. The first kappa shape index (κ1) is 16.5. The minimum absolute atomic E-state index is 0.00460. The molecule has 1 aliphatic carbocycles. The Morgan fingerprint density at radius 1 is 1.21 bits per heavy atom. The molecule has 6 heteroatoms. The van der Waals surface area contributed by atoms with E-state index in [9.17, 15) is 14.9 Å². The molecule has 1 aliphatic rings. The number of carbonyl (C=O) groups excluding carboxylic acids is 1. The Labute approximate surface area is 144 Å². The smallest absolute Gasteiger partial charge is 0.282 e. The minimum Gasteiger partial charge on any atom is -0.351 e. The number of halogens is 1. The molecule has 1 fully saturated rings. The van der Waals surface area contributed by atoms with Crippen LogP contribution in [-0.2, 0) is 5.41 Å². The van der Waals surface area contributed by atoms with Crippen molar-refractivity contribution in [2.75, 3.05) is 6.54 Å². The standard InChI is InChI=1S/C18H17ClN2O3/c19-14-7-8-16(21(23)24)15(11-14)17(22)20-12-18(9-4-10-18)13-5-2-1-3-6-13/h1-3,5-8,11H,4,9-10,12H2,(H,20,22). The summed E-state index contributed by atoms with van der Waals surface area (Å²) in [5.41, 5.74) is 0.871. The van der Waals surface area contributed by atoms with Gasteiger partial charge in [0.15, 0.2) is 0 Å². The number of rotatable bonds is 5. The third-order valence-corrected chi connectivity index (χ3v) is 4.92. The van der Waals surface area contributed by atoms with Crippen LogP contribution in [0.3, 0.4) is 0 Å². The Balaban J connectivity index is 1.79. The van der Waals surface area contributed by atoms with Gasteiger partial charge in [-0.2, -0.15) is 0 Å². The Morgan fingerprint density at radius 3 is 2.50 bits per heavy atom. The van der Waals surface area contributed by atoms with Crippen LogP contribution >= 0.6 is 11.6 Å². The van der Waals surface area contributed by atoms with Crippen LogP contribution in [0, 0.1) is 10.1 Å². The number of amides is 1. The van der Waals surface area contributed by atoms with Gasteiger partial charge >= 0.3 is 0 Å². The average Bonchev–Trinajstić information content (AvgIpc) is 2.54.